The van der Waals surface area contributed by atoms with Crippen molar-refractivity contribution in [1.82, 2.24) is 5.32 Å². The number of thiophene rings is 1. The molecule has 1 aliphatic heterocycles. The first kappa shape index (κ1) is 22.6. The smallest absolute Gasteiger partial charge is 0.261 e. The van der Waals surface area contributed by atoms with Gasteiger partial charge >= 0.3 is 0 Å². The Kier molecular flexibility index (Phi) is 6.46. The minimum atomic E-state index is -3.73. The van der Waals surface area contributed by atoms with Crippen molar-refractivity contribution < 1.29 is 13.2 Å². The Labute approximate surface area is 194 Å². The molecule has 8 heteroatoms. The van der Waals surface area contributed by atoms with E-state index in [9.17, 15) is 8.42 Å². The van der Waals surface area contributed by atoms with Gasteiger partial charge in [0.1, 0.15) is 5.75 Å². The molecular formula is C24H29N3O3S2. The van der Waals surface area contributed by atoms with Gasteiger partial charge in [0.05, 0.1) is 23.4 Å². The molecule has 6 nitrogen and oxygen atoms in total. The second-order valence-electron chi connectivity index (χ2n) is 8.32. The highest BCUT2D eigenvalue weighted by molar-refractivity contribution is 7.92. The molecule has 0 amide bonds. The van der Waals surface area contributed by atoms with Gasteiger partial charge in [0.25, 0.3) is 10.0 Å². The minimum absolute atomic E-state index is 0.247. The van der Waals surface area contributed by atoms with Crippen LogP contribution in [-0.2, 0) is 10.0 Å². The number of hydrogen-bond donors (Lipinski definition) is 2. The van der Waals surface area contributed by atoms with Crippen LogP contribution in [0.1, 0.15) is 19.4 Å². The van der Waals surface area contributed by atoms with Crippen LogP contribution in [0.2, 0.25) is 0 Å². The van der Waals surface area contributed by atoms with E-state index < -0.39 is 10.0 Å². The fraction of sp³-hybridized carbons (Fsp3) is 0.333. The lowest BCUT2D eigenvalue weighted by Gasteiger charge is -2.38. The van der Waals surface area contributed by atoms with Crippen molar-refractivity contribution in [2.24, 2.45) is 0 Å². The van der Waals surface area contributed by atoms with Gasteiger partial charge in [-0.05, 0) is 73.7 Å². The highest BCUT2D eigenvalue weighted by atomic mass is 32.2. The summed E-state index contributed by atoms with van der Waals surface area (Å²) < 4.78 is 34.6. The van der Waals surface area contributed by atoms with Crippen LogP contribution < -0.4 is 19.7 Å². The Morgan fingerprint density at radius 1 is 1.09 bits per heavy atom. The molecule has 0 spiro atoms. The van der Waals surface area contributed by atoms with Gasteiger partial charge in [-0.2, -0.15) is 0 Å². The van der Waals surface area contributed by atoms with Crippen LogP contribution in [0.5, 0.6) is 5.75 Å². The molecule has 2 unspecified atom stereocenters. The quantitative estimate of drug-likeness (QED) is 0.544. The van der Waals surface area contributed by atoms with Crippen molar-refractivity contribution in [1.29, 1.82) is 0 Å². The zero-order valence-electron chi connectivity index (χ0n) is 18.8. The van der Waals surface area contributed by atoms with E-state index in [1.54, 1.807) is 36.6 Å². The predicted molar refractivity (Wildman–Crippen MR) is 133 cm³/mol. The molecule has 1 aromatic heterocycles. The van der Waals surface area contributed by atoms with Gasteiger partial charge in [0.2, 0.25) is 0 Å². The SMILES string of the molecule is COc1ccc(NS(=O)(=O)c2ccc(-c3cccs3)c(C)c2)cc1N1CC(C)NC(C)C1. The normalized spacial score (nSPS) is 19.1. The molecule has 4 rings (SSSR count). The standard InChI is InChI=1S/C24H29N3O3S2/c1-16-12-20(8-9-21(16)24-6-5-11-31-24)32(28,29)26-19-7-10-23(30-4)22(13-19)27-14-17(2)25-18(3)15-27/h5-13,17-18,25-26H,14-15H2,1-4H3. The monoisotopic (exact) mass is 471 g/mol. The van der Waals surface area contributed by atoms with E-state index in [-0.39, 0.29) is 4.90 Å². The molecular weight excluding hydrogens is 442 g/mol. The molecule has 0 bridgehead atoms. The van der Waals surface area contributed by atoms with Crippen LogP contribution in [0, 0.1) is 6.92 Å². The Balaban J connectivity index is 1.61. The number of hydrogen-bond acceptors (Lipinski definition) is 6. The van der Waals surface area contributed by atoms with Crippen molar-refractivity contribution in [2.45, 2.75) is 37.8 Å². The molecule has 2 atom stereocenters. The minimum Gasteiger partial charge on any atom is -0.495 e. The average Bonchev–Trinajstić information content (AvgIpc) is 3.27. The van der Waals surface area contributed by atoms with Crippen LogP contribution >= 0.6 is 11.3 Å². The summed E-state index contributed by atoms with van der Waals surface area (Å²) in [7, 11) is -2.09. The Hall–Kier alpha value is -2.55. The van der Waals surface area contributed by atoms with Crippen molar-refractivity contribution >= 4 is 32.7 Å². The van der Waals surface area contributed by atoms with E-state index in [2.05, 4.69) is 28.8 Å². The molecule has 1 saturated heterocycles. The maximum atomic E-state index is 13.1. The summed E-state index contributed by atoms with van der Waals surface area (Å²) in [6.45, 7) is 7.86. The number of aryl methyl sites for hydroxylation is 1. The highest BCUT2D eigenvalue weighted by Crippen LogP contribution is 2.34. The third-order valence-corrected chi connectivity index (χ3v) is 7.91. The second-order valence-corrected chi connectivity index (χ2v) is 10.9. The molecule has 3 aromatic rings. The fourth-order valence-corrected chi connectivity index (χ4v) is 6.20. The summed E-state index contributed by atoms with van der Waals surface area (Å²) >= 11 is 1.64. The summed E-state index contributed by atoms with van der Waals surface area (Å²) in [5.41, 5.74) is 3.37. The zero-order chi connectivity index (χ0) is 22.9. The number of benzene rings is 2. The largest absolute Gasteiger partial charge is 0.495 e. The number of nitrogens with one attached hydrogen (secondary N) is 2. The lowest BCUT2D eigenvalue weighted by Crippen LogP contribution is -2.54. The maximum absolute atomic E-state index is 13.1. The summed E-state index contributed by atoms with van der Waals surface area (Å²) in [5, 5.41) is 5.53. The van der Waals surface area contributed by atoms with Crippen molar-refractivity contribution in [3.05, 3.63) is 59.5 Å². The van der Waals surface area contributed by atoms with E-state index in [0.717, 1.165) is 40.5 Å². The number of sulfonamides is 1. The van der Waals surface area contributed by atoms with Gasteiger partial charge in [-0.3, -0.25) is 4.72 Å². The van der Waals surface area contributed by atoms with E-state index >= 15 is 0 Å². The van der Waals surface area contributed by atoms with Crippen molar-refractivity contribution in [3.63, 3.8) is 0 Å². The number of methoxy groups -OCH3 is 1. The van der Waals surface area contributed by atoms with Crippen LogP contribution in [0.3, 0.4) is 0 Å². The lowest BCUT2D eigenvalue weighted by atomic mass is 10.1. The first-order valence-electron chi connectivity index (χ1n) is 10.6. The second kappa shape index (κ2) is 9.13. The van der Waals surface area contributed by atoms with Crippen LogP contribution in [-0.4, -0.2) is 40.7 Å². The maximum Gasteiger partial charge on any atom is 0.261 e. The lowest BCUT2D eigenvalue weighted by molar-refractivity contribution is 0.391. The Morgan fingerprint density at radius 3 is 2.47 bits per heavy atom. The van der Waals surface area contributed by atoms with Gasteiger partial charge in [0, 0.05) is 30.1 Å². The average molecular weight is 472 g/mol. The van der Waals surface area contributed by atoms with E-state index in [4.69, 9.17) is 4.74 Å². The highest BCUT2D eigenvalue weighted by Gasteiger charge is 2.24. The molecule has 2 aromatic carbocycles. The summed E-state index contributed by atoms with van der Waals surface area (Å²) in [6, 6.07) is 15.4. The van der Waals surface area contributed by atoms with Crippen LogP contribution in [0.25, 0.3) is 10.4 Å². The van der Waals surface area contributed by atoms with Gasteiger partial charge in [0.15, 0.2) is 0 Å². The number of piperazine rings is 1. The molecule has 0 radical (unpaired) electrons. The van der Waals surface area contributed by atoms with Gasteiger partial charge in [-0.25, -0.2) is 8.42 Å². The molecule has 1 fully saturated rings. The summed E-state index contributed by atoms with van der Waals surface area (Å²) in [6.07, 6.45) is 0. The number of nitrogens with zero attached hydrogens (tertiary/aromatic N) is 1. The topological polar surface area (TPSA) is 70.7 Å². The number of ether oxygens (including phenoxy) is 1. The number of anilines is 2. The zero-order valence-corrected chi connectivity index (χ0v) is 20.4. The predicted octanol–water partition coefficient (Wildman–Crippen LogP) is 4.72. The molecule has 32 heavy (non-hydrogen) atoms. The van der Waals surface area contributed by atoms with E-state index in [1.165, 1.54) is 0 Å². The van der Waals surface area contributed by atoms with E-state index in [0.29, 0.717) is 17.8 Å². The molecule has 2 N–H and O–H groups in total. The van der Waals surface area contributed by atoms with Gasteiger partial charge < -0.3 is 15.0 Å². The molecule has 170 valence electrons. The van der Waals surface area contributed by atoms with Crippen LogP contribution in [0.4, 0.5) is 11.4 Å². The summed E-state index contributed by atoms with van der Waals surface area (Å²) in [4.78, 5) is 3.61. The first-order valence-corrected chi connectivity index (χ1v) is 13.0. The summed E-state index contributed by atoms with van der Waals surface area (Å²) in [5.74, 6) is 0.727. The van der Waals surface area contributed by atoms with Gasteiger partial charge in [-0.1, -0.05) is 12.1 Å². The van der Waals surface area contributed by atoms with E-state index in [1.807, 2.05) is 42.6 Å². The van der Waals surface area contributed by atoms with Crippen molar-refractivity contribution in [3.8, 4) is 16.2 Å². The molecule has 2 heterocycles. The third kappa shape index (κ3) is 4.77. The third-order valence-electron chi connectivity index (χ3n) is 5.62. The number of rotatable bonds is 6. The van der Waals surface area contributed by atoms with Crippen LogP contribution in [0.15, 0.2) is 58.8 Å². The molecule has 1 aliphatic rings. The Morgan fingerprint density at radius 2 is 1.84 bits per heavy atom. The fourth-order valence-electron chi connectivity index (χ4n) is 4.25. The molecule has 0 aliphatic carbocycles. The molecule has 0 saturated carbocycles. The van der Waals surface area contributed by atoms with Crippen molar-refractivity contribution in [2.75, 3.05) is 29.8 Å². The first-order chi connectivity index (χ1) is 15.3. The van der Waals surface area contributed by atoms with Gasteiger partial charge in [-0.15, -0.1) is 11.3 Å². The Bertz CT molecular complexity index is 1180.